The van der Waals surface area contributed by atoms with E-state index in [1.807, 2.05) is 36.4 Å². The molecule has 4 nitrogen and oxygen atoms in total. The lowest BCUT2D eigenvalue weighted by molar-refractivity contribution is 0.128. The van der Waals surface area contributed by atoms with Crippen molar-refractivity contribution in [2.75, 3.05) is 14.2 Å². The minimum Gasteiger partial charge on any atom is -0.497 e. The van der Waals surface area contributed by atoms with Gasteiger partial charge in [-0.25, -0.2) is 0 Å². The Morgan fingerprint density at radius 1 is 1.12 bits per heavy atom. The number of benzene rings is 2. The van der Waals surface area contributed by atoms with E-state index < -0.39 is 6.10 Å². The Kier molecular flexibility index (Phi) is 7.51. The van der Waals surface area contributed by atoms with E-state index in [1.54, 1.807) is 20.3 Å². The SMILES string of the molecule is C=CC[C@@H](O)[C@@H](Cc1ccccc1)NCc1ccc(OC)cc1OC. The Labute approximate surface area is 150 Å². The van der Waals surface area contributed by atoms with Gasteiger partial charge in [-0.05, 0) is 24.5 Å². The molecule has 0 amide bonds. The molecule has 0 saturated carbocycles. The molecule has 0 bridgehead atoms. The molecular formula is C21H27NO3. The summed E-state index contributed by atoms with van der Waals surface area (Å²) in [5.74, 6) is 1.52. The molecule has 0 spiro atoms. The lowest BCUT2D eigenvalue weighted by Gasteiger charge is -2.24. The van der Waals surface area contributed by atoms with Gasteiger partial charge in [0.05, 0.1) is 20.3 Å². The van der Waals surface area contributed by atoms with Crippen LogP contribution in [0.25, 0.3) is 0 Å². The molecule has 0 unspecified atom stereocenters. The van der Waals surface area contributed by atoms with Gasteiger partial charge in [0.25, 0.3) is 0 Å². The molecule has 4 heteroatoms. The van der Waals surface area contributed by atoms with E-state index in [0.717, 1.165) is 23.5 Å². The molecule has 2 N–H and O–H groups in total. The van der Waals surface area contributed by atoms with Gasteiger partial charge in [-0.2, -0.15) is 0 Å². The fourth-order valence-corrected chi connectivity index (χ4v) is 2.79. The van der Waals surface area contributed by atoms with Crippen molar-refractivity contribution in [1.82, 2.24) is 5.32 Å². The fraction of sp³-hybridized carbons (Fsp3) is 0.333. The maximum Gasteiger partial charge on any atom is 0.127 e. The van der Waals surface area contributed by atoms with Gasteiger partial charge in [0.15, 0.2) is 0 Å². The maximum absolute atomic E-state index is 10.5. The quantitative estimate of drug-likeness (QED) is 0.651. The highest BCUT2D eigenvalue weighted by Crippen LogP contribution is 2.24. The second kappa shape index (κ2) is 9.87. The van der Waals surface area contributed by atoms with Gasteiger partial charge < -0.3 is 19.9 Å². The van der Waals surface area contributed by atoms with E-state index in [4.69, 9.17) is 9.47 Å². The van der Waals surface area contributed by atoms with Crippen LogP contribution in [0.4, 0.5) is 0 Å². The molecule has 0 heterocycles. The predicted molar refractivity (Wildman–Crippen MR) is 101 cm³/mol. The highest BCUT2D eigenvalue weighted by Gasteiger charge is 2.19. The normalized spacial score (nSPS) is 13.1. The number of hydrogen-bond acceptors (Lipinski definition) is 4. The van der Waals surface area contributed by atoms with Crippen molar-refractivity contribution in [1.29, 1.82) is 0 Å². The molecule has 0 fully saturated rings. The first-order chi connectivity index (χ1) is 12.2. The van der Waals surface area contributed by atoms with Crippen LogP contribution < -0.4 is 14.8 Å². The van der Waals surface area contributed by atoms with Gasteiger partial charge in [0.1, 0.15) is 11.5 Å². The second-order valence-electron chi connectivity index (χ2n) is 5.95. The van der Waals surface area contributed by atoms with Gasteiger partial charge in [-0.1, -0.05) is 42.5 Å². The van der Waals surface area contributed by atoms with E-state index in [0.29, 0.717) is 13.0 Å². The Morgan fingerprint density at radius 2 is 1.88 bits per heavy atom. The van der Waals surface area contributed by atoms with Crippen LogP contribution >= 0.6 is 0 Å². The van der Waals surface area contributed by atoms with Crippen molar-refractivity contribution >= 4 is 0 Å². The Morgan fingerprint density at radius 3 is 2.52 bits per heavy atom. The number of aliphatic hydroxyl groups excluding tert-OH is 1. The summed E-state index contributed by atoms with van der Waals surface area (Å²) in [5.41, 5.74) is 2.21. The third kappa shape index (κ3) is 5.62. The van der Waals surface area contributed by atoms with Crippen LogP contribution in [0.1, 0.15) is 17.5 Å². The topological polar surface area (TPSA) is 50.7 Å². The summed E-state index contributed by atoms with van der Waals surface area (Å²) in [6, 6.07) is 15.8. The molecule has 2 atom stereocenters. The summed E-state index contributed by atoms with van der Waals surface area (Å²) in [6.07, 6.45) is 2.54. The Balaban J connectivity index is 2.10. The van der Waals surface area contributed by atoms with Crippen LogP contribution in [0.2, 0.25) is 0 Å². The highest BCUT2D eigenvalue weighted by molar-refractivity contribution is 5.40. The van der Waals surface area contributed by atoms with Crippen LogP contribution in [0.5, 0.6) is 11.5 Å². The number of ether oxygens (including phenoxy) is 2. The van der Waals surface area contributed by atoms with Crippen LogP contribution in [-0.4, -0.2) is 31.5 Å². The zero-order valence-corrected chi connectivity index (χ0v) is 14.9. The standard InChI is InChI=1S/C21H27NO3/c1-4-8-20(23)19(13-16-9-6-5-7-10-16)22-15-17-11-12-18(24-2)14-21(17)25-3/h4-7,9-12,14,19-20,22-23H,1,8,13,15H2,2-3H3/t19-,20-/m1/s1. The summed E-state index contributed by atoms with van der Waals surface area (Å²) in [6.45, 7) is 4.33. The lowest BCUT2D eigenvalue weighted by Crippen LogP contribution is -2.41. The molecule has 134 valence electrons. The van der Waals surface area contributed by atoms with Crippen molar-refractivity contribution in [3.63, 3.8) is 0 Å². The molecule has 0 aliphatic carbocycles. The molecule has 0 aliphatic rings. The van der Waals surface area contributed by atoms with E-state index in [2.05, 4.69) is 24.0 Å². The number of aliphatic hydroxyl groups is 1. The van der Waals surface area contributed by atoms with Gasteiger partial charge >= 0.3 is 0 Å². The zero-order valence-electron chi connectivity index (χ0n) is 14.9. The third-order valence-corrected chi connectivity index (χ3v) is 4.22. The van der Waals surface area contributed by atoms with Crippen molar-refractivity contribution in [3.8, 4) is 11.5 Å². The summed E-state index contributed by atoms with van der Waals surface area (Å²) in [7, 11) is 3.28. The first kappa shape index (κ1) is 19.0. The van der Waals surface area contributed by atoms with E-state index in [1.165, 1.54) is 5.56 Å². The fourth-order valence-electron chi connectivity index (χ4n) is 2.79. The molecule has 2 rings (SSSR count). The van der Waals surface area contributed by atoms with Crippen molar-refractivity contribution in [2.45, 2.75) is 31.5 Å². The van der Waals surface area contributed by atoms with Crippen molar-refractivity contribution in [3.05, 3.63) is 72.3 Å². The molecular weight excluding hydrogens is 314 g/mol. The first-order valence-corrected chi connectivity index (χ1v) is 8.45. The number of rotatable bonds is 10. The Hall–Kier alpha value is -2.30. The van der Waals surface area contributed by atoms with Gasteiger partial charge in [0.2, 0.25) is 0 Å². The van der Waals surface area contributed by atoms with Crippen LogP contribution in [0.15, 0.2) is 61.2 Å². The smallest absolute Gasteiger partial charge is 0.127 e. The number of hydrogen-bond donors (Lipinski definition) is 2. The second-order valence-corrected chi connectivity index (χ2v) is 5.95. The van der Waals surface area contributed by atoms with Crippen LogP contribution in [-0.2, 0) is 13.0 Å². The largest absolute Gasteiger partial charge is 0.497 e. The van der Waals surface area contributed by atoms with Gasteiger partial charge in [-0.15, -0.1) is 6.58 Å². The van der Waals surface area contributed by atoms with Gasteiger partial charge in [0, 0.05) is 24.2 Å². The minimum atomic E-state index is -0.498. The molecule has 0 radical (unpaired) electrons. The molecule has 0 aliphatic heterocycles. The van der Waals surface area contributed by atoms with Crippen molar-refractivity contribution in [2.24, 2.45) is 0 Å². The summed E-state index contributed by atoms with van der Waals surface area (Å²) in [4.78, 5) is 0. The summed E-state index contributed by atoms with van der Waals surface area (Å²) >= 11 is 0. The zero-order chi connectivity index (χ0) is 18.1. The monoisotopic (exact) mass is 341 g/mol. The van der Waals surface area contributed by atoms with Crippen molar-refractivity contribution < 1.29 is 14.6 Å². The number of methoxy groups -OCH3 is 2. The first-order valence-electron chi connectivity index (χ1n) is 8.45. The lowest BCUT2D eigenvalue weighted by atomic mass is 9.99. The molecule has 2 aromatic carbocycles. The third-order valence-electron chi connectivity index (χ3n) is 4.22. The molecule has 0 aromatic heterocycles. The van der Waals surface area contributed by atoms with Crippen LogP contribution in [0.3, 0.4) is 0 Å². The number of nitrogens with one attached hydrogen (secondary N) is 1. The average Bonchev–Trinajstić information content (AvgIpc) is 2.66. The molecule has 25 heavy (non-hydrogen) atoms. The average molecular weight is 341 g/mol. The summed E-state index contributed by atoms with van der Waals surface area (Å²) < 4.78 is 10.7. The van der Waals surface area contributed by atoms with Crippen LogP contribution in [0, 0.1) is 0 Å². The predicted octanol–water partition coefficient (Wildman–Crippen LogP) is 3.34. The minimum absolute atomic E-state index is 0.0767. The maximum atomic E-state index is 10.5. The van der Waals surface area contributed by atoms with E-state index in [9.17, 15) is 5.11 Å². The van der Waals surface area contributed by atoms with Gasteiger partial charge in [-0.3, -0.25) is 0 Å². The molecule has 2 aromatic rings. The summed E-state index contributed by atoms with van der Waals surface area (Å²) in [5, 5.41) is 13.9. The highest BCUT2D eigenvalue weighted by atomic mass is 16.5. The molecule has 0 saturated heterocycles. The van der Waals surface area contributed by atoms with E-state index >= 15 is 0 Å². The van der Waals surface area contributed by atoms with E-state index in [-0.39, 0.29) is 6.04 Å². The Bertz CT molecular complexity index is 657.